The highest BCUT2D eigenvalue weighted by Crippen LogP contribution is 2.39. The van der Waals surface area contributed by atoms with Crippen LogP contribution in [0, 0.1) is 0 Å². The van der Waals surface area contributed by atoms with E-state index < -0.39 is 0 Å². The Morgan fingerprint density at radius 1 is 1.14 bits per heavy atom. The average Bonchev–Trinajstić information content (AvgIpc) is 3.14. The largest absolute Gasteiger partial charge is 0.344 e. The van der Waals surface area contributed by atoms with E-state index in [1.165, 1.54) is 12.8 Å². The molecular weight excluding hydrogens is 268 g/mol. The summed E-state index contributed by atoms with van der Waals surface area (Å²) in [5, 5.41) is 4.19. The number of hydrogen-bond donors (Lipinski definition) is 0. The maximum absolute atomic E-state index is 12.2. The lowest BCUT2D eigenvalue weighted by Crippen LogP contribution is -2.45. The molecule has 114 valence electrons. The summed E-state index contributed by atoms with van der Waals surface area (Å²) in [6, 6.07) is 0.0626. The smallest absolute Gasteiger partial charge is 0.239 e. The predicted octanol–water partition coefficient (Wildman–Crippen LogP) is 1.36. The highest BCUT2D eigenvalue weighted by Gasteiger charge is 2.38. The molecule has 6 heteroatoms. The number of nitrogens with zero attached hydrogens (tertiary/aromatic N) is 4. The summed E-state index contributed by atoms with van der Waals surface area (Å²) >= 11 is 0. The Morgan fingerprint density at radius 3 is 2.71 bits per heavy atom. The van der Waals surface area contributed by atoms with Crippen molar-refractivity contribution in [3.05, 3.63) is 11.7 Å². The minimum absolute atomic E-state index is 0.0626. The zero-order chi connectivity index (χ0) is 14.4. The van der Waals surface area contributed by atoms with Crippen LogP contribution in [0.3, 0.4) is 0 Å². The normalized spacial score (nSPS) is 31.1. The molecule has 0 radical (unpaired) electrons. The van der Waals surface area contributed by atoms with Crippen LogP contribution in [0.5, 0.6) is 0 Å². The molecule has 1 saturated carbocycles. The Morgan fingerprint density at radius 2 is 2.00 bits per heavy atom. The van der Waals surface area contributed by atoms with Crippen molar-refractivity contribution >= 4 is 5.91 Å². The van der Waals surface area contributed by atoms with Crippen molar-refractivity contribution in [2.24, 2.45) is 0 Å². The number of likely N-dealkylation sites (N-methyl/N-ethyl adjacent to an activating group) is 1. The van der Waals surface area contributed by atoms with Crippen molar-refractivity contribution in [1.29, 1.82) is 0 Å². The van der Waals surface area contributed by atoms with Gasteiger partial charge in [-0.25, -0.2) is 0 Å². The van der Waals surface area contributed by atoms with Gasteiger partial charge in [0.15, 0.2) is 5.82 Å². The maximum atomic E-state index is 12.2. The molecule has 4 rings (SSSR count). The van der Waals surface area contributed by atoms with Crippen molar-refractivity contribution < 1.29 is 9.32 Å². The monoisotopic (exact) mass is 290 g/mol. The summed E-state index contributed by atoms with van der Waals surface area (Å²) < 4.78 is 5.39. The zero-order valence-corrected chi connectivity index (χ0v) is 12.5. The molecule has 0 N–H and O–H groups in total. The summed E-state index contributed by atoms with van der Waals surface area (Å²) in [5.74, 6) is 2.76. The second kappa shape index (κ2) is 5.09. The minimum Gasteiger partial charge on any atom is -0.344 e. The number of rotatable bonds is 3. The van der Waals surface area contributed by atoms with Crippen LogP contribution in [0.2, 0.25) is 0 Å². The quantitative estimate of drug-likeness (QED) is 0.841. The molecule has 3 fully saturated rings. The van der Waals surface area contributed by atoms with Gasteiger partial charge in [-0.1, -0.05) is 5.16 Å². The summed E-state index contributed by atoms with van der Waals surface area (Å²) in [4.78, 5) is 20.9. The van der Waals surface area contributed by atoms with Crippen molar-refractivity contribution in [1.82, 2.24) is 19.9 Å². The van der Waals surface area contributed by atoms with Crippen LogP contribution in [0.25, 0.3) is 0 Å². The molecule has 1 aliphatic carbocycles. The molecule has 3 heterocycles. The number of carbonyl (C=O) groups excluding carboxylic acids is 1. The third-order valence-electron chi connectivity index (χ3n) is 5.04. The number of carbonyl (C=O) groups is 1. The third kappa shape index (κ3) is 2.46. The molecule has 1 aromatic rings. The first-order valence-electron chi connectivity index (χ1n) is 8.05. The summed E-state index contributed by atoms with van der Waals surface area (Å²) in [6.07, 6.45) is 5.51. The van der Waals surface area contributed by atoms with Crippen LogP contribution in [0.1, 0.15) is 55.7 Å². The van der Waals surface area contributed by atoms with Gasteiger partial charge in [-0.2, -0.15) is 4.98 Å². The summed E-state index contributed by atoms with van der Waals surface area (Å²) in [7, 11) is 1.89. The summed E-state index contributed by atoms with van der Waals surface area (Å²) in [6.45, 7) is 2.76. The topological polar surface area (TPSA) is 62.5 Å². The Balaban J connectivity index is 1.45. The maximum Gasteiger partial charge on any atom is 0.239 e. The molecule has 1 aromatic heterocycles. The number of aromatic nitrogens is 2. The molecule has 2 aliphatic heterocycles. The van der Waals surface area contributed by atoms with Crippen molar-refractivity contribution in [3.63, 3.8) is 0 Å². The van der Waals surface area contributed by atoms with Gasteiger partial charge in [0.25, 0.3) is 0 Å². The van der Waals surface area contributed by atoms with E-state index in [0.717, 1.165) is 50.6 Å². The Hall–Kier alpha value is -1.43. The Bertz CT molecular complexity index is 540. The average molecular weight is 290 g/mol. The summed E-state index contributed by atoms with van der Waals surface area (Å²) in [5.41, 5.74) is 0. The van der Waals surface area contributed by atoms with Crippen LogP contribution in [0.4, 0.5) is 0 Å². The van der Waals surface area contributed by atoms with Gasteiger partial charge in [-0.05, 0) is 38.6 Å². The lowest BCUT2D eigenvalue weighted by Gasteiger charge is -2.34. The zero-order valence-electron chi connectivity index (χ0n) is 12.5. The SMILES string of the molecule is CN1CC[C@H](N2CCC[C@@H](c3noc(C4CC4)n3)C2)C1=O. The molecule has 21 heavy (non-hydrogen) atoms. The second-order valence-corrected chi connectivity index (χ2v) is 6.66. The molecule has 2 atom stereocenters. The number of amides is 1. The third-order valence-corrected chi connectivity index (χ3v) is 5.04. The van der Waals surface area contributed by atoms with E-state index in [2.05, 4.69) is 15.0 Å². The van der Waals surface area contributed by atoms with Crippen LogP contribution in [-0.2, 0) is 4.79 Å². The molecule has 3 aliphatic rings. The van der Waals surface area contributed by atoms with E-state index in [4.69, 9.17) is 4.52 Å². The first-order valence-corrected chi connectivity index (χ1v) is 8.05. The van der Waals surface area contributed by atoms with Crippen LogP contribution in [-0.4, -0.2) is 58.6 Å². The second-order valence-electron chi connectivity index (χ2n) is 6.66. The number of piperidine rings is 1. The van der Waals surface area contributed by atoms with Crippen LogP contribution < -0.4 is 0 Å². The highest BCUT2D eigenvalue weighted by atomic mass is 16.5. The van der Waals surface area contributed by atoms with E-state index in [1.807, 2.05) is 11.9 Å². The van der Waals surface area contributed by atoms with E-state index in [0.29, 0.717) is 11.8 Å². The van der Waals surface area contributed by atoms with Crippen molar-refractivity contribution in [2.45, 2.75) is 50.0 Å². The fourth-order valence-electron chi connectivity index (χ4n) is 3.55. The van der Waals surface area contributed by atoms with Gasteiger partial charge in [0.1, 0.15) is 0 Å². The molecule has 2 saturated heterocycles. The van der Waals surface area contributed by atoms with Crippen molar-refractivity contribution in [3.8, 4) is 0 Å². The lowest BCUT2D eigenvalue weighted by atomic mass is 9.95. The molecule has 1 amide bonds. The van der Waals surface area contributed by atoms with Gasteiger partial charge in [0.05, 0.1) is 6.04 Å². The first kappa shape index (κ1) is 13.2. The van der Waals surface area contributed by atoms with Gasteiger partial charge in [0.2, 0.25) is 11.8 Å². The van der Waals surface area contributed by atoms with E-state index >= 15 is 0 Å². The molecule has 0 unspecified atom stereocenters. The van der Waals surface area contributed by atoms with Crippen LogP contribution >= 0.6 is 0 Å². The van der Waals surface area contributed by atoms with Gasteiger partial charge >= 0.3 is 0 Å². The molecule has 6 nitrogen and oxygen atoms in total. The minimum atomic E-state index is 0.0626. The standard InChI is InChI=1S/C15H22N4O2/c1-18-8-6-12(15(18)20)19-7-2-3-11(9-19)13-16-14(21-17-13)10-4-5-10/h10-12H,2-9H2,1H3/t11-,12+/m1/s1. The first-order chi connectivity index (χ1) is 10.2. The van der Waals surface area contributed by atoms with Gasteiger partial charge in [-0.3, -0.25) is 9.69 Å². The number of likely N-dealkylation sites (tertiary alicyclic amines) is 2. The van der Waals surface area contributed by atoms with Crippen molar-refractivity contribution in [2.75, 3.05) is 26.7 Å². The molecule has 0 aromatic carbocycles. The fourth-order valence-corrected chi connectivity index (χ4v) is 3.55. The van der Waals surface area contributed by atoms with Gasteiger partial charge in [-0.15, -0.1) is 0 Å². The van der Waals surface area contributed by atoms with E-state index in [-0.39, 0.29) is 11.9 Å². The molecule has 0 bridgehead atoms. The Kier molecular flexibility index (Phi) is 3.21. The van der Waals surface area contributed by atoms with Gasteiger partial charge < -0.3 is 9.42 Å². The predicted molar refractivity (Wildman–Crippen MR) is 75.9 cm³/mol. The van der Waals surface area contributed by atoms with Crippen LogP contribution in [0.15, 0.2) is 4.52 Å². The highest BCUT2D eigenvalue weighted by molar-refractivity contribution is 5.83. The molecular formula is C15H22N4O2. The Labute approximate surface area is 124 Å². The van der Waals surface area contributed by atoms with E-state index in [9.17, 15) is 4.79 Å². The lowest BCUT2D eigenvalue weighted by molar-refractivity contribution is -0.131. The van der Waals surface area contributed by atoms with E-state index in [1.54, 1.807) is 0 Å². The fraction of sp³-hybridized carbons (Fsp3) is 0.800. The number of hydrogen-bond acceptors (Lipinski definition) is 5. The molecule has 0 spiro atoms. The van der Waals surface area contributed by atoms with Gasteiger partial charge in [0, 0.05) is 32.0 Å².